The Kier molecular flexibility index (Phi) is 7.79. The van der Waals surface area contributed by atoms with Crippen LogP contribution in [0.1, 0.15) is 38.7 Å². The van der Waals surface area contributed by atoms with Crippen LogP contribution in [0, 0.1) is 0 Å². The number of hydrogen-bond acceptors (Lipinski definition) is 4. The number of carboxylic acid groups (broad SMARTS) is 1. The fourth-order valence-corrected chi connectivity index (χ4v) is 3.36. The maximum Gasteiger partial charge on any atom is 0.317 e. The monoisotopic (exact) mass is 375 g/mol. The van der Waals surface area contributed by atoms with Gasteiger partial charge in [-0.2, -0.15) is 0 Å². The molecule has 0 saturated heterocycles. The van der Waals surface area contributed by atoms with Crippen molar-refractivity contribution in [1.82, 2.24) is 15.1 Å². The Labute approximate surface area is 160 Å². The molecular weight excluding hydrogens is 346 g/mol. The molecule has 148 valence electrons. The SMILES string of the molecule is CCN(CC(=O)O)C1CC(NC(=O)CCN(Cc2ccccc2)C(C)=O)C1. The molecule has 0 spiro atoms. The third kappa shape index (κ3) is 6.67. The number of hydrogen-bond donors (Lipinski definition) is 2. The van der Waals surface area contributed by atoms with Crippen LogP contribution in [0.2, 0.25) is 0 Å². The molecule has 0 aromatic heterocycles. The first-order valence-electron chi connectivity index (χ1n) is 9.43. The van der Waals surface area contributed by atoms with Gasteiger partial charge in [0, 0.05) is 38.5 Å². The lowest BCUT2D eigenvalue weighted by molar-refractivity contribution is -0.140. The normalized spacial score (nSPS) is 18.6. The number of nitrogens with one attached hydrogen (secondary N) is 1. The van der Waals surface area contributed by atoms with E-state index in [1.807, 2.05) is 42.2 Å². The minimum Gasteiger partial charge on any atom is -0.480 e. The Morgan fingerprint density at radius 1 is 1.19 bits per heavy atom. The van der Waals surface area contributed by atoms with E-state index in [1.165, 1.54) is 6.92 Å². The number of aliphatic carboxylic acids is 1. The highest BCUT2D eigenvalue weighted by Crippen LogP contribution is 2.25. The van der Waals surface area contributed by atoms with Crippen LogP contribution in [0.3, 0.4) is 0 Å². The molecule has 1 aliphatic rings. The first kappa shape index (κ1) is 20.9. The van der Waals surface area contributed by atoms with Gasteiger partial charge < -0.3 is 15.3 Å². The van der Waals surface area contributed by atoms with Gasteiger partial charge in [-0.05, 0) is 24.9 Å². The van der Waals surface area contributed by atoms with Gasteiger partial charge in [0.15, 0.2) is 0 Å². The van der Waals surface area contributed by atoms with E-state index in [0.717, 1.165) is 18.4 Å². The minimum absolute atomic E-state index is 0.0366. The predicted molar refractivity (Wildman–Crippen MR) is 102 cm³/mol. The molecule has 7 heteroatoms. The minimum atomic E-state index is -0.827. The molecule has 7 nitrogen and oxygen atoms in total. The number of likely N-dealkylation sites (N-methyl/N-ethyl adjacent to an activating group) is 1. The number of carbonyl (C=O) groups is 3. The summed E-state index contributed by atoms with van der Waals surface area (Å²) in [6.45, 7) is 5.05. The van der Waals surface area contributed by atoms with Crippen LogP contribution < -0.4 is 5.32 Å². The lowest BCUT2D eigenvalue weighted by Crippen LogP contribution is -2.55. The summed E-state index contributed by atoms with van der Waals surface area (Å²) >= 11 is 0. The Morgan fingerprint density at radius 3 is 2.41 bits per heavy atom. The molecule has 1 aromatic rings. The average Bonchev–Trinajstić information content (AvgIpc) is 2.60. The van der Waals surface area contributed by atoms with Gasteiger partial charge in [0.2, 0.25) is 11.8 Å². The topological polar surface area (TPSA) is 90.0 Å². The van der Waals surface area contributed by atoms with Crippen LogP contribution in [0.5, 0.6) is 0 Å². The molecule has 2 N–H and O–H groups in total. The van der Waals surface area contributed by atoms with Crippen molar-refractivity contribution in [3.05, 3.63) is 35.9 Å². The second-order valence-corrected chi connectivity index (χ2v) is 7.02. The van der Waals surface area contributed by atoms with Crippen molar-refractivity contribution < 1.29 is 19.5 Å². The summed E-state index contributed by atoms with van der Waals surface area (Å²) in [4.78, 5) is 38.5. The number of benzene rings is 1. The molecular formula is C20H29N3O4. The maximum absolute atomic E-state index is 12.2. The zero-order chi connectivity index (χ0) is 19.8. The van der Waals surface area contributed by atoms with Gasteiger partial charge in [-0.1, -0.05) is 37.3 Å². The first-order valence-corrected chi connectivity index (χ1v) is 9.43. The second kappa shape index (κ2) is 10.1. The average molecular weight is 375 g/mol. The molecule has 1 aromatic carbocycles. The van der Waals surface area contributed by atoms with Gasteiger partial charge in [0.1, 0.15) is 0 Å². The molecule has 0 unspecified atom stereocenters. The molecule has 1 fully saturated rings. The standard InChI is InChI=1S/C20H29N3O4/c1-3-22(14-20(26)27)18-11-17(12-18)21-19(25)9-10-23(15(2)24)13-16-7-5-4-6-8-16/h4-8,17-18H,3,9-14H2,1-2H3,(H,21,25)(H,26,27). The van der Waals surface area contributed by atoms with E-state index in [2.05, 4.69) is 5.32 Å². The molecule has 2 amide bonds. The summed E-state index contributed by atoms with van der Waals surface area (Å²) in [5.41, 5.74) is 1.04. The highest BCUT2D eigenvalue weighted by atomic mass is 16.4. The van der Waals surface area contributed by atoms with Crippen molar-refractivity contribution in [3.63, 3.8) is 0 Å². The van der Waals surface area contributed by atoms with Crippen LogP contribution in [-0.4, -0.2) is 64.4 Å². The Balaban J connectivity index is 1.72. The zero-order valence-electron chi connectivity index (χ0n) is 16.1. The molecule has 0 aliphatic heterocycles. The van der Waals surface area contributed by atoms with E-state index in [9.17, 15) is 14.4 Å². The Hall–Kier alpha value is -2.41. The van der Waals surface area contributed by atoms with E-state index in [1.54, 1.807) is 4.90 Å². The quantitative estimate of drug-likeness (QED) is 0.646. The van der Waals surface area contributed by atoms with E-state index in [0.29, 0.717) is 19.6 Å². The molecule has 0 heterocycles. The number of amides is 2. The number of carbonyl (C=O) groups excluding carboxylic acids is 2. The third-order valence-corrected chi connectivity index (χ3v) is 5.01. The molecule has 27 heavy (non-hydrogen) atoms. The summed E-state index contributed by atoms with van der Waals surface area (Å²) in [6, 6.07) is 10.0. The van der Waals surface area contributed by atoms with Crippen LogP contribution in [0.25, 0.3) is 0 Å². The molecule has 1 saturated carbocycles. The summed E-state index contributed by atoms with van der Waals surface area (Å²) in [7, 11) is 0. The summed E-state index contributed by atoms with van der Waals surface area (Å²) in [5, 5.41) is 11.9. The lowest BCUT2D eigenvalue weighted by atomic mass is 9.85. The highest BCUT2D eigenvalue weighted by Gasteiger charge is 2.34. The smallest absolute Gasteiger partial charge is 0.317 e. The van der Waals surface area contributed by atoms with Gasteiger partial charge in [-0.15, -0.1) is 0 Å². The van der Waals surface area contributed by atoms with Crippen molar-refractivity contribution >= 4 is 17.8 Å². The molecule has 0 bridgehead atoms. The van der Waals surface area contributed by atoms with Crippen molar-refractivity contribution in [2.75, 3.05) is 19.6 Å². The Bertz CT molecular complexity index is 644. The van der Waals surface area contributed by atoms with E-state index < -0.39 is 5.97 Å². The molecule has 2 rings (SSSR count). The lowest BCUT2D eigenvalue weighted by Gasteiger charge is -2.42. The van der Waals surface area contributed by atoms with Gasteiger partial charge in [0.05, 0.1) is 6.54 Å². The summed E-state index contributed by atoms with van der Waals surface area (Å²) in [6.07, 6.45) is 1.81. The zero-order valence-corrected chi connectivity index (χ0v) is 16.1. The maximum atomic E-state index is 12.2. The van der Waals surface area contributed by atoms with Crippen molar-refractivity contribution in [2.24, 2.45) is 0 Å². The molecule has 0 radical (unpaired) electrons. The van der Waals surface area contributed by atoms with Gasteiger partial charge in [-0.3, -0.25) is 19.3 Å². The summed E-state index contributed by atoms with van der Waals surface area (Å²) < 4.78 is 0. The second-order valence-electron chi connectivity index (χ2n) is 7.02. The van der Waals surface area contributed by atoms with Gasteiger partial charge >= 0.3 is 5.97 Å². The molecule has 1 aliphatic carbocycles. The first-order chi connectivity index (χ1) is 12.9. The number of rotatable bonds is 10. The van der Waals surface area contributed by atoms with Crippen molar-refractivity contribution in [1.29, 1.82) is 0 Å². The van der Waals surface area contributed by atoms with Crippen molar-refractivity contribution in [3.8, 4) is 0 Å². The Morgan fingerprint density at radius 2 is 1.85 bits per heavy atom. The van der Waals surface area contributed by atoms with E-state index in [4.69, 9.17) is 5.11 Å². The summed E-state index contributed by atoms with van der Waals surface area (Å²) in [5.74, 6) is -0.950. The van der Waals surface area contributed by atoms with Gasteiger partial charge in [0.25, 0.3) is 0 Å². The van der Waals surface area contributed by atoms with Crippen LogP contribution in [0.4, 0.5) is 0 Å². The third-order valence-electron chi connectivity index (χ3n) is 5.01. The van der Waals surface area contributed by atoms with E-state index >= 15 is 0 Å². The fourth-order valence-electron chi connectivity index (χ4n) is 3.36. The number of carboxylic acids is 1. The molecule has 0 atom stereocenters. The predicted octanol–water partition coefficient (Wildman–Crippen LogP) is 1.48. The largest absolute Gasteiger partial charge is 0.480 e. The van der Waals surface area contributed by atoms with Gasteiger partial charge in [-0.25, -0.2) is 0 Å². The van der Waals surface area contributed by atoms with Crippen LogP contribution in [-0.2, 0) is 20.9 Å². The van der Waals surface area contributed by atoms with Crippen LogP contribution in [0.15, 0.2) is 30.3 Å². The number of nitrogens with zero attached hydrogens (tertiary/aromatic N) is 2. The van der Waals surface area contributed by atoms with Crippen LogP contribution >= 0.6 is 0 Å². The highest BCUT2D eigenvalue weighted by molar-refractivity contribution is 5.78. The van der Waals surface area contributed by atoms with Crippen molar-refractivity contribution in [2.45, 2.75) is 51.7 Å². The fraction of sp³-hybridized carbons (Fsp3) is 0.550. The van der Waals surface area contributed by atoms with E-state index in [-0.39, 0.29) is 36.9 Å².